The molecule has 8 nitrogen and oxygen atoms in total. The first-order chi connectivity index (χ1) is 16.5. The summed E-state index contributed by atoms with van der Waals surface area (Å²) >= 11 is 0. The van der Waals surface area contributed by atoms with Crippen LogP contribution in [0.2, 0.25) is 0 Å². The molecule has 9 heteroatoms. The number of nitrogens with two attached hydrogens (primary N) is 1. The highest BCUT2D eigenvalue weighted by Gasteiger charge is 2.23. The predicted octanol–water partition coefficient (Wildman–Crippen LogP) is 3.18. The zero-order chi connectivity index (χ0) is 24.3. The van der Waals surface area contributed by atoms with Gasteiger partial charge in [0, 0.05) is 17.5 Å². The predicted molar refractivity (Wildman–Crippen MR) is 135 cm³/mol. The second-order valence-corrected chi connectivity index (χ2v) is 7.37. The molecule has 0 heterocycles. The third kappa shape index (κ3) is 7.97. The third-order valence-corrected chi connectivity index (χ3v) is 5.02. The van der Waals surface area contributed by atoms with Crippen molar-refractivity contribution in [2.75, 3.05) is 13.7 Å². The van der Waals surface area contributed by atoms with Crippen molar-refractivity contribution in [3.63, 3.8) is 0 Å². The summed E-state index contributed by atoms with van der Waals surface area (Å²) in [6, 6.07) is 21.7. The Balaban J connectivity index is 0.00000432. The highest BCUT2D eigenvalue weighted by molar-refractivity contribution is 6.04. The van der Waals surface area contributed by atoms with Gasteiger partial charge in [-0.15, -0.1) is 12.4 Å². The van der Waals surface area contributed by atoms with Gasteiger partial charge in [-0.25, -0.2) is 4.79 Å². The van der Waals surface area contributed by atoms with Gasteiger partial charge in [-0.3, -0.25) is 9.59 Å². The van der Waals surface area contributed by atoms with E-state index >= 15 is 0 Å². The summed E-state index contributed by atoms with van der Waals surface area (Å²) in [6.07, 6.45) is 1.80. The van der Waals surface area contributed by atoms with E-state index in [1.807, 2.05) is 30.3 Å². The van der Waals surface area contributed by atoms with Gasteiger partial charge in [-0.2, -0.15) is 5.10 Å². The number of ether oxygens (including phenoxy) is 2. The molecule has 0 radical (unpaired) electrons. The van der Waals surface area contributed by atoms with Crippen LogP contribution < -0.4 is 15.9 Å². The van der Waals surface area contributed by atoms with Crippen molar-refractivity contribution in [1.82, 2.24) is 5.32 Å². The van der Waals surface area contributed by atoms with Crippen LogP contribution in [-0.4, -0.2) is 43.6 Å². The molecule has 0 saturated heterocycles. The fourth-order valence-corrected chi connectivity index (χ4v) is 3.23. The molecule has 1 amide bonds. The van der Waals surface area contributed by atoms with E-state index in [2.05, 4.69) is 15.2 Å². The Morgan fingerprint density at radius 1 is 0.943 bits per heavy atom. The Morgan fingerprint density at radius 2 is 1.57 bits per heavy atom. The molecule has 0 aliphatic heterocycles. The minimum Gasteiger partial charge on any atom is -0.482 e. The lowest BCUT2D eigenvalue weighted by molar-refractivity contribution is -0.142. The van der Waals surface area contributed by atoms with E-state index in [4.69, 9.17) is 10.6 Å². The molecule has 0 saturated carbocycles. The Kier molecular flexibility index (Phi) is 10.5. The number of carbonyl (C=O) groups excluding carboxylic acids is 3. The normalized spacial score (nSPS) is 11.2. The van der Waals surface area contributed by atoms with E-state index < -0.39 is 12.0 Å². The zero-order valence-electron chi connectivity index (χ0n) is 19.0. The Labute approximate surface area is 209 Å². The number of esters is 1. The number of hydrogen-bond donors (Lipinski definition) is 2. The van der Waals surface area contributed by atoms with Crippen molar-refractivity contribution < 1.29 is 23.9 Å². The highest BCUT2D eigenvalue weighted by Crippen LogP contribution is 2.16. The number of nitrogens with zero attached hydrogens (tertiary/aromatic N) is 1. The van der Waals surface area contributed by atoms with Gasteiger partial charge in [0.15, 0.2) is 12.4 Å². The van der Waals surface area contributed by atoms with Crippen LogP contribution in [0.3, 0.4) is 0 Å². The lowest BCUT2D eigenvalue weighted by Gasteiger charge is -2.18. The maximum atomic E-state index is 13.3. The van der Waals surface area contributed by atoms with Gasteiger partial charge in [0.05, 0.1) is 19.4 Å². The van der Waals surface area contributed by atoms with E-state index in [0.29, 0.717) is 23.3 Å². The number of hydrogen-bond acceptors (Lipinski definition) is 7. The van der Waals surface area contributed by atoms with Gasteiger partial charge in [0.25, 0.3) is 5.91 Å². The molecule has 1 atom stereocenters. The fraction of sp³-hybridized carbons (Fsp3) is 0.154. The van der Waals surface area contributed by atoms with E-state index in [9.17, 15) is 14.4 Å². The number of carbonyl (C=O) groups is 3. The third-order valence-electron chi connectivity index (χ3n) is 5.02. The standard InChI is InChI=1S/C26H25N3O5.ClH/c1-33-24(30)17-34-22-13-11-20(12-14-22)25(31)23(15-18-5-3-2-4-6-18)29-26(32)21-9-7-19(8-10-21)16-28-27;/h2-14,16,23H,15,17,27H2,1H3,(H,29,32);1H/t23-;/m0./s1. The number of nitrogens with one attached hydrogen (secondary N) is 1. The van der Waals surface area contributed by atoms with Crippen LogP contribution in [0.4, 0.5) is 0 Å². The number of amides is 1. The van der Waals surface area contributed by atoms with Gasteiger partial charge in [-0.1, -0.05) is 42.5 Å². The molecule has 35 heavy (non-hydrogen) atoms. The molecule has 0 spiro atoms. The molecule has 0 aliphatic rings. The highest BCUT2D eigenvalue weighted by atomic mass is 35.5. The number of ketones is 1. The van der Waals surface area contributed by atoms with Crippen molar-refractivity contribution in [3.05, 3.63) is 101 Å². The average molecular weight is 496 g/mol. The molecular weight excluding hydrogens is 470 g/mol. The van der Waals surface area contributed by atoms with Crippen LogP contribution in [0.1, 0.15) is 31.8 Å². The topological polar surface area (TPSA) is 120 Å². The van der Waals surface area contributed by atoms with Crippen LogP contribution >= 0.6 is 12.4 Å². The number of hydrazone groups is 1. The molecule has 3 N–H and O–H groups in total. The zero-order valence-corrected chi connectivity index (χ0v) is 19.9. The quantitative estimate of drug-likeness (QED) is 0.146. The molecule has 182 valence electrons. The van der Waals surface area contributed by atoms with Gasteiger partial charge < -0.3 is 20.6 Å². The minimum atomic E-state index is -0.790. The maximum absolute atomic E-state index is 13.3. The summed E-state index contributed by atoms with van der Waals surface area (Å²) in [5.41, 5.74) is 2.48. The van der Waals surface area contributed by atoms with Crippen LogP contribution in [0.5, 0.6) is 5.75 Å². The van der Waals surface area contributed by atoms with Crippen molar-refractivity contribution in [2.45, 2.75) is 12.5 Å². The van der Waals surface area contributed by atoms with Crippen molar-refractivity contribution in [2.24, 2.45) is 10.9 Å². The van der Waals surface area contributed by atoms with Crippen LogP contribution in [0, 0.1) is 0 Å². The summed E-state index contributed by atoms with van der Waals surface area (Å²) < 4.78 is 9.87. The van der Waals surface area contributed by atoms with Crippen molar-refractivity contribution >= 4 is 36.3 Å². The first-order valence-corrected chi connectivity index (χ1v) is 10.5. The molecule has 0 unspecified atom stereocenters. The van der Waals surface area contributed by atoms with E-state index in [1.165, 1.54) is 13.3 Å². The fourth-order valence-electron chi connectivity index (χ4n) is 3.23. The Morgan fingerprint density at radius 3 is 2.17 bits per heavy atom. The van der Waals surface area contributed by atoms with Gasteiger partial charge >= 0.3 is 5.97 Å². The lowest BCUT2D eigenvalue weighted by atomic mass is 9.97. The molecule has 0 fully saturated rings. The van der Waals surface area contributed by atoms with E-state index in [1.54, 1.807) is 48.5 Å². The maximum Gasteiger partial charge on any atom is 0.343 e. The average Bonchev–Trinajstić information content (AvgIpc) is 2.88. The molecule has 0 aliphatic carbocycles. The first kappa shape index (κ1) is 27.1. The second kappa shape index (κ2) is 13.5. The van der Waals surface area contributed by atoms with Gasteiger partial charge in [0.1, 0.15) is 5.75 Å². The summed E-state index contributed by atoms with van der Waals surface area (Å²) in [4.78, 5) is 37.5. The molecule has 0 aromatic heterocycles. The molecule has 3 aromatic carbocycles. The van der Waals surface area contributed by atoms with Crippen molar-refractivity contribution in [1.29, 1.82) is 0 Å². The van der Waals surface area contributed by atoms with E-state index in [-0.39, 0.29) is 30.7 Å². The molecule has 3 aromatic rings. The number of rotatable bonds is 10. The molecular formula is C26H26ClN3O5. The van der Waals surface area contributed by atoms with E-state index in [0.717, 1.165) is 11.1 Å². The Bertz CT molecular complexity index is 1150. The molecule has 3 rings (SSSR count). The summed E-state index contributed by atoms with van der Waals surface area (Å²) in [5, 5.41) is 6.32. The van der Waals surface area contributed by atoms with Gasteiger partial charge in [-0.05, 0) is 47.5 Å². The monoisotopic (exact) mass is 495 g/mol. The smallest absolute Gasteiger partial charge is 0.343 e. The SMILES string of the molecule is COC(=O)COc1ccc(C(=O)[C@H](Cc2ccccc2)NC(=O)c2ccc(C=NN)cc2)cc1.Cl. The largest absolute Gasteiger partial charge is 0.482 e. The van der Waals surface area contributed by atoms with Crippen LogP contribution in [-0.2, 0) is 16.0 Å². The number of methoxy groups -OCH3 is 1. The van der Waals surface area contributed by atoms with Crippen molar-refractivity contribution in [3.8, 4) is 5.75 Å². The number of Topliss-reactive ketones (excluding diaryl/α,β-unsaturated/α-hetero) is 1. The summed E-state index contributed by atoms with van der Waals surface area (Å²) in [7, 11) is 1.28. The second-order valence-electron chi connectivity index (χ2n) is 7.37. The first-order valence-electron chi connectivity index (χ1n) is 10.5. The lowest BCUT2D eigenvalue weighted by Crippen LogP contribution is -2.42. The van der Waals surface area contributed by atoms with Crippen LogP contribution in [0.25, 0.3) is 0 Å². The van der Waals surface area contributed by atoms with Gasteiger partial charge in [0.2, 0.25) is 0 Å². The van der Waals surface area contributed by atoms with Crippen LogP contribution in [0.15, 0.2) is 84.0 Å². The summed E-state index contributed by atoms with van der Waals surface area (Å²) in [6.45, 7) is -0.230. The number of halogens is 1. The summed E-state index contributed by atoms with van der Waals surface area (Å²) in [5.74, 6) is 4.46. The Hall–Kier alpha value is -4.17. The number of benzene rings is 3. The molecule has 0 bridgehead atoms. The minimum absolute atomic E-state index is 0.